The minimum atomic E-state index is 1.20. The molecule has 7 rings (SSSR count). The highest BCUT2D eigenvalue weighted by atomic mass is 14.2. The second kappa shape index (κ2) is 12.0. The van der Waals surface area contributed by atoms with Crippen LogP contribution < -0.4 is 0 Å². The Labute approximate surface area is 261 Å². The second-order valence-corrected chi connectivity index (χ2v) is 11.5. The Morgan fingerprint density at radius 2 is 0.523 bits per heavy atom. The predicted octanol–water partition coefficient (Wildman–Crippen LogP) is 12.3. The third-order valence-corrected chi connectivity index (χ3v) is 8.46. The molecule has 0 heterocycles. The molecule has 0 fully saturated rings. The van der Waals surface area contributed by atoms with Gasteiger partial charge in [-0.2, -0.15) is 0 Å². The average molecular weight is 563 g/mol. The highest BCUT2D eigenvalue weighted by Crippen LogP contribution is 2.43. The zero-order chi connectivity index (χ0) is 29.9. The summed E-state index contributed by atoms with van der Waals surface area (Å²) in [4.78, 5) is 0. The van der Waals surface area contributed by atoms with Crippen molar-refractivity contribution in [1.29, 1.82) is 0 Å². The molecule has 0 aromatic heterocycles. The first kappa shape index (κ1) is 27.4. The molecule has 0 saturated carbocycles. The van der Waals surface area contributed by atoms with Crippen LogP contribution in [0.1, 0.15) is 11.1 Å². The first-order chi connectivity index (χ1) is 21.6. The lowest BCUT2D eigenvalue weighted by Gasteiger charge is -2.19. The Bertz CT molecular complexity index is 2020. The fraction of sp³-hybridized carbons (Fsp3) is 0.0455. The summed E-state index contributed by atoms with van der Waals surface area (Å²) in [5, 5.41) is 0. The molecular weight excluding hydrogens is 528 g/mol. The van der Waals surface area contributed by atoms with Gasteiger partial charge in [0.15, 0.2) is 0 Å². The monoisotopic (exact) mass is 562 g/mol. The molecule has 0 amide bonds. The maximum atomic E-state index is 2.39. The van der Waals surface area contributed by atoms with E-state index in [1.807, 2.05) is 0 Å². The maximum Gasteiger partial charge on any atom is -0.00988 e. The lowest BCUT2D eigenvalue weighted by molar-refractivity contribution is 1.46. The van der Waals surface area contributed by atoms with Crippen molar-refractivity contribution < 1.29 is 0 Å². The fourth-order valence-corrected chi connectivity index (χ4v) is 6.12. The highest BCUT2D eigenvalue weighted by Gasteiger charge is 2.17. The van der Waals surface area contributed by atoms with Gasteiger partial charge in [0.05, 0.1) is 0 Å². The molecule has 7 aromatic carbocycles. The van der Waals surface area contributed by atoms with Crippen molar-refractivity contribution in [2.24, 2.45) is 0 Å². The molecule has 7 aromatic rings. The van der Waals surface area contributed by atoms with E-state index in [9.17, 15) is 0 Å². The van der Waals surface area contributed by atoms with Gasteiger partial charge < -0.3 is 0 Å². The van der Waals surface area contributed by atoms with Crippen LogP contribution in [0.25, 0.3) is 66.8 Å². The van der Waals surface area contributed by atoms with Crippen molar-refractivity contribution in [3.63, 3.8) is 0 Å². The molecule has 0 unspecified atom stereocenters. The quantitative estimate of drug-likeness (QED) is 0.189. The fourth-order valence-electron chi connectivity index (χ4n) is 6.12. The smallest absolute Gasteiger partial charge is 0.00988 e. The van der Waals surface area contributed by atoms with E-state index in [-0.39, 0.29) is 0 Å². The van der Waals surface area contributed by atoms with Crippen LogP contribution in [-0.2, 0) is 0 Å². The van der Waals surface area contributed by atoms with Crippen LogP contribution >= 0.6 is 0 Å². The lowest BCUT2D eigenvalue weighted by atomic mass is 9.85. The van der Waals surface area contributed by atoms with Crippen LogP contribution in [0.5, 0.6) is 0 Å². The number of hydrogen-bond donors (Lipinski definition) is 0. The molecule has 0 atom stereocenters. The van der Waals surface area contributed by atoms with Gasteiger partial charge in [-0.15, -0.1) is 0 Å². The molecule has 0 heteroatoms. The second-order valence-electron chi connectivity index (χ2n) is 11.5. The topological polar surface area (TPSA) is 0 Å². The minimum absolute atomic E-state index is 1.20. The van der Waals surface area contributed by atoms with Crippen LogP contribution in [-0.4, -0.2) is 0 Å². The first-order valence-corrected chi connectivity index (χ1v) is 15.3. The van der Waals surface area contributed by atoms with Gasteiger partial charge in [-0.1, -0.05) is 169 Å². The summed E-state index contributed by atoms with van der Waals surface area (Å²) in [5.74, 6) is 0. The Morgan fingerprint density at radius 3 is 0.932 bits per heavy atom. The molecule has 0 N–H and O–H groups in total. The van der Waals surface area contributed by atoms with E-state index < -0.39 is 0 Å². The van der Waals surface area contributed by atoms with E-state index in [0.717, 1.165) is 0 Å². The summed E-state index contributed by atoms with van der Waals surface area (Å²) in [5.41, 5.74) is 17.3. The summed E-state index contributed by atoms with van der Waals surface area (Å²) >= 11 is 0. The van der Waals surface area contributed by atoms with Crippen LogP contribution in [0.3, 0.4) is 0 Å². The van der Waals surface area contributed by atoms with Crippen molar-refractivity contribution in [1.82, 2.24) is 0 Å². The Kier molecular flexibility index (Phi) is 7.49. The molecule has 0 aliphatic rings. The zero-order valence-corrected chi connectivity index (χ0v) is 25.2. The van der Waals surface area contributed by atoms with Crippen molar-refractivity contribution in [2.45, 2.75) is 13.8 Å². The summed E-state index contributed by atoms with van der Waals surface area (Å²) in [6, 6.07) is 61.8. The number of rotatable bonds is 6. The molecule has 0 radical (unpaired) electrons. The van der Waals surface area contributed by atoms with Crippen molar-refractivity contribution >= 4 is 0 Å². The molecule has 0 aliphatic heterocycles. The molecule has 44 heavy (non-hydrogen) atoms. The average Bonchev–Trinajstić information content (AvgIpc) is 3.09. The molecule has 210 valence electrons. The van der Waals surface area contributed by atoms with Crippen molar-refractivity contribution in [2.75, 3.05) is 0 Å². The van der Waals surface area contributed by atoms with Crippen molar-refractivity contribution in [3.05, 3.63) is 181 Å². The number of hydrogen-bond acceptors (Lipinski definition) is 0. The molecule has 0 nitrogen and oxygen atoms in total. The van der Waals surface area contributed by atoms with Crippen LogP contribution in [0.4, 0.5) is 0 Å². The standard InChI is InChI=1S/C44H34/c1-31-18-21-37(22-19-31)43-29-42(35-16-10-5-11-17-35)44(30-41(43)34-14-8-4-9-15-34)38-25-23-36(24-26-38)39-27-20-32(2)28-40(39)33-12-6-3-7-13-33/h3-30H,1-2H3. The third-order valence-electron chi connectivity index (χ3n) is 8.46. The van der Waals surface area contributed by atoms with Gasteiger partial charge in [0, 0.05) is 0 Å². The molecular formula is C44H34. The summed E-state index contributed by atoms with van der Waals surface area (Å²) in [7, 11) is 0. The largest absolute Gasteiger partial charge is 0.0622 e. The van der Waals surface area contributed by atoms with E-state index >= 15 is 0 Å². The Morgan fingerprint density at radius 1 is 0.227 bits per heavy atom. The van der Waals surface area contributed by atoms with Crippen molar-refractivity contribution in [3.8, 4) is 66.8 Å². The predicted molar refractivity (Wildman–Crippen MR) is 189 cm³/mol. The number of benzene rings is 7. The molecule has 0 saturated heterocycles. The van der Waals surface area contributed by atoms with E-state index in [1.54, 1.807) is 0 Å². The third kappa shape index (κ3) is 5.51. The zero-order valence-electron chi connectivity index (χ0n) is 25.2. The lowest BCUT2D eigenvalue weighted by Crippen LogP contribution is -1.93. The Hall–Kier alpha value is -5.46. The van der Waals surface area contributed by atoms with Gasteiger partial charge in [0.25, 0.3) is 0 Å². The van der Waals surface area contributed by atoms with Gasteiger partial charge in [0.1, 0.15) is 0 Å². The Balaban J connectivity index is 1.41. The highest BCUT2D eigenvalue weighted by molar-refractivity contribution is 5.95. The van der Waals surface area contributed by atoms with E-state index in [1.165, 1.54) is 77.9 Å². The normalized spacial score (nSPS) is 11.0. The molecule has 0 spiro atoms. The van der Waals surface area contributed by atoms with E-state index in [2.05, 4.69) is 184 Å². The van der Waals surface area contributed by atoms with Crippen LogP contribution in [0, 0.1) is 13.8 Å². The minimum Gasteiger partial charge on any atom is -0.0622 e. The van der Waals surface area contributed by atoms with Gasteiger partial charge in [-0.25, -0.2) is 0 Å². The van der Waals surface area contributed by atoms with Gasteiger partial charge in [0.2, 0.25) is 0 Å². The first-order valence-electron chi connectivity index (χ1n) is 15.3. The van der Waals surface area contributed by atoms with Gasteiger partial charge in [-0.05, 0) is 92.7 Å². The van der Waals surface area contributed by atoms with E-state index in [0.29, 0.717) is 0 Å². The van der Waals surface area contributed by atoms with Gasteiger partial charge in [-0.3, -0.25) is 0 Å². The van der Waals surface area contributed by atoms with E-state index in [4.69, 9.17) is 0 Å². The van der Waals surface area contributed by atoms with Gasteiger partial charge >= 0.3 is 0 Å². The molecule has 0 aliphatic carbocycles. The van der Waals surface area contributed by atoms with Crippen LogP contribution in [0.2, 0.25) is 0 Å². The SMILES string of the molecule is Cc1ccc(-c2cc(-c3ccccc3)c(-c3ccc(-c4ccc(C)cc4-c4ccccc4)cc3)cc2-c2ccccc2)cc1. The summed E-state index contributed by atoms with van der Waals surface area (Å²) < 4.78 is 0. The number of aryl methyl sites for hydroxylation is 2. The summed E-state index contributed by atoms with van der Waals surface area (Å²) in [6.45, 7) is 4.30. The maximum absolute atomic E-state index is 2.39. The summed E-state index contributed by atoms with van der Waals surface area (Å²) in [6.07, 6.45) is 0. The molecule has 0 bridgehead atoms. The van der Waals surface area contributed by atoms with Crippen LogP contribution in [0.15, 0.2) is 170 Å².